The summed E-state index contributed by atoms with van der Waals surface area (Å²) in [5.41, 5.74) is 0.257. The van der Waals surface area contributed by atoms with E-state index in [-0.39, 0.29) is 17.2 Å². The number of carbonyl (C=O) groups is 2. The number of nitrogens with one attached hydrogen (secondary N) is 1. The van der Waals surface area contributed by atoms with Gasteiger partial charge in [-0.1, -0.05) is 22.0 Å². The van der Waals surface area contributed by atoms with E-state index in [0.717, 1.165) is 0 Å². The van der Waals surface area contributed by atoms with Crippen LogP contribution in [0.4, 0.5) is 5.69 Å². The van der Waals surface area contributed by atoms with E-state index < -0.39 is 5.97 Å². The topological polar surface area (TPSA) is 66.4 Å². The summed E-state index contributed by atoms with van der Waals surface area (Å²) >= 11 is 6.41. The molecule has 1 amide bonds. The van der Waals surface area contributed by atoms with Crippen LogP contribution < -0.4 is 5.32 Å². The number of anilines is 1. The van der Waals surface area contributed by atoms with Gasteiger partial charge in [0.15, 0.2) is 0 Å². The molecule has 1 aromatic carbocycles. The van der Waals surface area contributed by atoms with Crippen LogP contribution in [0.15, 0.2) is 33.2 Å². The number of benzene rings is 1. The Morgan fingerprint density at radius 2 is 2.00 bits per heavy atom. The van der Waals surface area contributed by atoms with E-state index >= 15 is 0 Å². The minimum atomic E-state index is -1.11. The van der Waals surface area contributed by atoms with Crippen LogP contribution >= 0.6 is 31.9 Å². The van der Waals surface area contributed by atoms with Crippen molar-refractivity contribution < 1.29 is 14.7 Å². The molecule has 0 aliphatic heterocycles. The third-order valence-corrected chi connectivity index (χ3v) is 2.93. The molecule has 0 aromatic heterocycles. The second-order valence-corrected chi connectivity index (χ2v) is 4.87. The number of carbonyl (C=O) groups excluding carboxylic acids is 1. The van der Waals surface area contributed by atoms with Crippen LogP contribution in [0.1, 0.15) is 17.3 Å². The predicted molar refractivity (Wildman–Crippen MR) is 72.2 cm³/mol. The van der Waals surface area contributed by atoms with Gasteiger partial charge in [0.2, 0.25) is 5.91 Å². The van der Waals surface area contributed by atoms with Crippen LogP contribution in [0, 0.1) is 0 Å². The lowest BCUT2D eigenvalue weighted by atomic mass is 10.2. The Hall–Kier alpha value is -1.14. The summed E-state index contributed by atoms with van der Waals surface area (Å²) in [5, 5.41) is 11.6. The van der Waals surface area contributed by atoms with E-state index in [1.54, 1.807) is 19.1 Å². The molecule has 0 spiro atoms. The average Bonchev–Trinajstić information content (AvgIpc) is 2.21. The van der Waals surface area contributed by atoms with Gasteiger partial charge in [0.25, 0.3) is 0 Å². The molecule has 4 nitrogen and oxygen atoms in total. The van der Waals surface area contributed by atoms with Gasteiger partial charge in [0, 0.05) is 8.95 Å². The fraction of sp³-hybridized carbons (Fsp3) is 0.0909. The quantitative estimate of drug-likeness (QED) is 0.809. The van der Waals surface area contributed by atoms with E-state index in [4.69, 9.17) is 5.11 Å². The first-order valence-electron chi connectivity index (χ1n) is 4.61. The molecule has 0 bridgehead atoms. The summed E-state index contributed by atoms with van der Waals surface area (Å²) < 4.78 is 1.12. The number of amides is 1. The number of rotatable bonds is 3. The Morgan fingerprint density at radius 1 is 1.35 bits per heavy atom. The van der Waals surface area contributed by atoms with Crippen LogP contribution in [-0.4, -0.2) is 17.0 Å². The highest BCUT2D eigenvalue weighted by Gasteiger charge is 2.15. The summed E-state index contributed by atoms with van der Waals surface area (Å²) in [4.78, 5) is 22.5. The Bertz CT molecular complexity index is 498. The number of allylic oxidation sites excluding steroid dienone is 1. The molecular formula is C11H9Br2NO3. The van der Waals surface area contributed by atoms with Crippen molar-refractivity contribution in [2.45, 2.75) is 6.92 Å². The molecule has 17 heavy (non-hydrogen) atoms. The van der Waals surface area contributed by atoms with Crippen molar-refractivity contribution in [1.82, 2.24) is 0 Å². The molecule has 2 N–H and O–H groups in total. The van der Waals surface area contributed by atoms with Crippen molar-refractivity contribution in [3.63, 3.8) is 0 Å². The van der Waals surface area contributed by atoms with Crippen molar-refractivity contribution in [2.75, 3.05) is 5.32 Å². The lowest BCUT2D eigenvalue weighted by molar-refractivity contribution is -0.111. The maximum atomic E-state index is 11.4. The first kappa shape index (κ1) is 13.9. The van der Waals surface area contributed by atoms with Gasteiger partial charge in [0.05, 0.1) is 11.3 Å². The van der Waals surface area contributed by atoms with Gasteiger partial charge in [0.1, 0.15) is 0 Å². The fourth-order valence-electron chi connectivity index (χ4n) is 1.19. The number of aromatic carboxylic acids is 1. The number of carboxylic acid groups (broad SMARTS) is 1. The van der Waals surface area contributed by atoms with Crippen molar-refractivity contribution in [3.8, 4) is 0 Å². The van der Waals surface area contributed by atoms with Gasteiger partial charge in [-0.2, -0.15) is 0 Å². The highest BCUT2D eigenvalue weighted by atomic mass is 79.9. The van der Waals surface area contributed by atoms with Gasteiger partial charge < -0.3 is 10.4 Å². The van der Waals surface area contributed by atoms with Crippen molar-refractivity contribution >= 4 is 49.4 Å². The zero-order valence-electron chi connectivity index (χ0n) is 8.83. The maximum absolute atomic E-state index is 11.4. The second-order valence-electron chi connectivity index (χ2n) is 3.10. The van der Waals surface area contributed by atoms with Crippen LogP contribution in [-0.2, 0) is 4.79 Å². The number of hydrogen-bond donors (Lipinski definition) is 2. The van der Waals surface area contributed by atoms with Crippen LogP contribution in [0.5, 0.6) is 0 Å². The van der Waals surface area contributed by atoms with Gasteiger partial charge >= 0.3 is 5.97 Å². The number of hydrogen-bond acceptors (Lipinski definition) is 2. The van der Waals surface area contributed by atoms with Crippen LogP contribution in [0.3, 0.4) is 0 Å². The molecule has 0 saturated carbocycles. The van der Waals surface area contributed by atoms with Gasteiger partial charge in [-0.15, -0.1) is 0 Å². The Kier molecular flexibility index (Phi) is 4.89. The molecule has 0 aliphatic rings. The molecule has 0 unspecified atom stereocenters. The summed E-state index contributed by atoms with van der Waals surface area (Å²) in [7, 11) is 0. The minimum absolute atomic E-state index is 0.0177. The van der Waals surface area contributed by atoms with E-state index in [9.17, 15) is 9.59 Å². The third kappa shape index (κ3) is 3.67. The normalized spacial score (nSPS) is 10.5. The van der Waals surface area contributed by atoms with Gasteiger partial charge in [-0.25, -0.2) is 4.79 Å². The summed E-state index contributed by atoms with van der Waals surface area (Å²) in [6.07, 6.45) is 2.89. The standard InChI is InChI=1S/C11H9Br2NO3/c1-2-3-9(15)14-10-7(11(16)17)4-6(12)5-8(10)13/h2-5H,1H3,(H,14,15)(H,16,17)/b3-2+. The molecule has 0 radical (unpaired) electrons. The highest BCUT2D eigenvalue weighted by molar-refractivity contribution is 9.11. The monoisotopic (exact) mass is 361 g/mol. The molecule has 0 atom stereocenters. The van der Waals surface area contributed by atoms with E-state index in [2.05, 4.69) is 37.2 Å². The summed E-state index contributed by atoms with van der Waals surface area (Å²) in [6, 6.07) is 3.09. The molecule has 90 valence electrons. The van der Waals surface area contributed by atoms with Crippen LogP contribution in [0.2, 0.25) is 0 Å². The smallest absolute Gasteiger partial charge is 0.337 e. The van der Waals surface area contributed by atoms with Crippen molar-refractivity contribution in [3.05, 3.63) is 38.8 Å². The minimum Gasteiger partial charge on any atom is -0.478 e. The molecule has 0 heterocycles. The summed E-state index contributed by atoms with van der Waals surface area (Å²) in [6.45, 7) is 1.70. The Balaban J connectivity index is 3.21. The lowest BCUT2D eigenvalue weighted by Gasteiger charge is -2.09. The lowest BCUT2D eigenvalue weighted by Crippen LogP contribution is -2.12. The average molecular weight is 363 g/mol. The number of carboxylic acids is 1. The first-order valence-corrected chi connectivity index (χ1v) is 6.20. The Morgan fingerprint density at radius 3 is 2.53 bits per heavy atom. The molecule has 1 rings (SSSR count). The van der Waals surface area contributed by atoms with Crippen molar-refractivity contribution in [2.24, 2.45) is 0 Å². The van der Waals surface area contributed by atoms with E-state index in [1.807, 2.05) is 0 Å². The van der Waals surface area contributed by atoms with E-state index in [1.165, 1.54) is 12.1 Å². The van der Waals surface area contributed by atoms with Gasteiger partial charge in [-0.3, -0.25) is 4.79 Å². The second kappa shape index (κ2) is 5.97. The maximum Gasteiger partial charge on any atom is 0.337 e. The molecule has 0 aliphatic carbocycles. The molecule has 1 aromatic rings. The summed E-state index contributed by atoms with van der Waals surface area (Å²) in [5.74, 6) is -1.49. The largest absolute Gasteiger partial charge is 0.478 e. The zero-order chi connectivity index (χ0) is 13.0. The molecular weight excluding hydrogens is 354 g/mol. The molecule has 0 fully saturated rings. The van der Waals surface area contributed by atoms with Gasteiger partial charge in [-0.05, 0) is 41.1 Å². The predicted octanol–water partition coefficient (Wildman–Crippen LogP) is 3.42. The first-order chi connectivity index (χ1) is 7.95. The van der Waals surface area contributed by atoms with Crippen LogP contribution in [0.25, 0.3) is 0 Å². The highest BCUT2D eigenvalue weighted by Crippen LogP contribution is 2.30. The van der Waals surface area contributed by atoms with Crippen molar-refractivity contribution in [1.29, 1.82) is 0 Å². The zero-order valence-corrected chi connectivity index (χ0v) is 12.0. The SMILES string of the molecule is C/C=C/C(=O)Nc1c(Br)cc(Br)cc1C(=O)O. The molecule has 0 saturated heterocycles. The fourth-order valence-corrected chi connectivity index (χ4v) is 2.51. The van der Waals surface area contributed by atoms with E-state index in [0.29, 0.717) is 8.95 Å². The Labute approximate surface area is 115 Å². The number of halogens is 2. The molecule has 6 heteroatoms. The third-order valence-electron chi connectivity index (χ3n) is 1.85.